The number of furan rings is 1. The van der Waals surface area contributed by atoms with Gasteiger partial charge in [-0.2, -0.15) is 0 Å². The normalized spacial score (nSPS) is 11.2. The first-order valence-corrected chi connectivity index (χ1v) is 7.29. The van der Waals surface area contributed by atoms with Gasteiger partial charge in [-0.25, -0.2) is 0 Å². The van der Waals surface area contributed by atoms with E-state index in [0.29, 0.717) is 17.2 Å². The second kappa shape index (κ2) is 5.24. The van der Waals surface area contributed by atoms with Crippen LogP contribution in [-0.4, -0.2) is 20.5 Å². The molecule has 0 radical (unpaired) electrons. The third-order valence-electron chi connectivity index (χ3n) is 3.84. The fourth-order valence-corrected chi connectivity index (χ4v) is 2.64. The van der Waals surface area contributed by atoms with Crippen molar-refractivity contribution in [1.29, 1.82) is 0 Å². The van der Waals surface area contributed by atoms with E-state index in [-0.39, 0.29) is 12.5 Å². The van der Waals surface area contributed by atoms with Crippen LogP contribution in [0.2, 0.25) is 0 Å². The second-order valence-corrected chi connectivity index (χ2v) is 5.28. The van der Waals surface area contributed by atoms with Gasteiger partial charge in [0.1, 0.15) is 5.58 Å². The van der Waals surface area contributed by atoms with Crippen molar-refractivity contribution in [3.05, 3.63) is 65.8 Å². The van der Waals surface area contributed by atoms with E-state index in [2.05, 4.69) is 15.5 Å². The number of amides is 1. The monoisotopic (exact) mass is 306 g/mol. The number of aryl methyl sites for hydroxylation is 1. The molecule has 4 aromatic rings. The van der Waals surface area contributed by atoms with Crippen LogP contribution in [0.15, 0.2) is 53.1 Å². The van der Waals surface area contributed by atoms with E-state index < -0.39 is 0 Å². The van der Waals surface area contributed by atoms with Gasteiger partial charge in [0.15, 0.2) is 17.2 Å². The van der Waals surface area contributed by atoms with Gasteiger partial charge < -0.3 is 9.73 Å². The van der Waals surface area contributed by atoms with Crippen LogP contribution in [0.4, 0.5) is 0 Å². The van der Waals surface area contributed by atoms with Crippen LogP contribution < -0.4 is 5.32 Å². The summed E-state index contributed by atoms with van der Waals surface area (Å²) in [5.74, 6) is 0.745. The molecule has 0 atom stereocenters. The Labute approximate surface area is 131 Å². The van der Waals surface area contributed by atoms with E-state index in [9.17, 15) is 4.79 Å². The first kappa shape index (κ1) is 13.5. The molecular weight excluding hydrogens is 292 g/mol. The SMILES string of the molecule is Cc1c(C(=O)NCc2nnc3ccccn23)oc2ccccc12. The Morgan fingerprint density at radius 3 is 2.87 bits per heavy atom. The zero-order chi connectivity index (χ0) is 15.8. The summed E-state index contributed by atoms with van der Waals surface area (Å²) in [4.78, 5) is 12.4. The largest absolute Gasteiger partial charge is 0.451 e. The van der Waals surface area contributed by atoms with Crippen molar-refractivity contribution < 1.29 is 9.21 Å². The fourth-order valence-electron chi connectivity index (χ4n) is 2.64. The maximum Gasteiger partial charge on any atom is 0.287 e. The smallest absolute Gasteiger partial charge is 0.287 e. The van der Waals surface area contributed by atoms with E-state index in [1.54, 1.807) is 0 Å². The van der Waals surface area contributed by atoms with Crippen molar-refractivity contribution in [1.82, 2.24) is 19.9 Å². The average Bonchev–Trinajstić information content (AvgIpc) is 3.15. The number of carbonyl (C=O) groups excluding carboxylic acids is 1. The van der Waals surface area contributed by atoms with Crippen molar-refractivity contribution in [2.75, 3.05) is 0 Å². The Morgan fingerprint density at radius 1 is 1.17 bits per heavy atom. The van der Waals surface area contributed by atoms with E-state index in [1.165, 1.54) is 0 Å². The molecule has 6 heteroatoms. The number of hydrogen-bond acceptors (Lipinski definition) is 4. The summed E-state index contributed by atoms with van der Waals surface area (Å²) in [5.41, 5.74) is 2.30. The first-order valence-electron chi connectivity index (χ1n) is 7.29. The number of benzene rings is 1. The predicted octanol–water partition coefficient (Wildman–Crippen LogP) is 2.71. The Bertz CT molecular complexity index is 1020. The maximum atomic E-state index is 12.4. The summed E-state index contributed by atoms with van der Waals surface area (Å²) in [6, 6.07) is 13.3. The molecule has 0 bridgehead atoms. The molecule has 0 aliphatic rings. The van der Waals surface area contributed by atoms with Crippen molar-refractivity contribution >= 4 is 22.5 Å². The molecule has 6 nitrogen and oxygen atoms in total. The van der Waals surface area contributed by atoms with Crippen LogP contribution in [-0.2, 0) is 6.54 Å². The van der Waals surface area contributed by atoms with Crippen LogP contribution in [0, 0.1) is 6.92 Å². The van der Waals surface area contributed by atoms with Crippen molar-refractivity contribution in [3.63, 3.8) is 0 Å². The Morgan fingerprint density at radius 2 is 2.00 bits per heavy atom. The summed E-state index contributed by atoms with van der Waals surface area (Å²) >= 11 is 0. The lowest BCUT2D eigenvalue weighted by Gasteiger charge is -2.02. The lowest BCUT2D eigenvalue weighted by atomic mass is 10.1. The maximum absolute atomic E-state index is 12.4. The molecule has 0 unspecified atom stereocenters. The third-order valence-corrected chi connectivity index (χ3v) is 3.84. The zero-order valence-corrected chi connectivity index (χ0v) is 12.5. The van der Waals surface area contributed by atoms with Crippen LogP contribution in [0.1, 0.15) is 21.9 Å². The highest BCUT2D eigenvalue weighted by Gasteiger charge is 2.17. The van der Waals surface area contributed by atoms with E-state index in [0.717, 1.165) is 16.6 Å². The zero-order valence-electron chi connectivity index (χ0n) is 12.5. The number of carbonyl (C=O) groups is 1. The van der Waals surface area contributed by atoms with Crippen molar-refractivity contribution in [2.24, 2.45) is 0 Å². The van der Waals surface area contributed by atoms with Crippen LogP contribution in [0.25, 0.3) is 16.6 Å². The average molecular weight is 306 g/mol. The molecule has 0 saturated carbocycles. The molecule has 0 fully saturated rings. The van der Waals surface area contributed by atoms with Gasteiger partial charge in [0.25, 0.3) is 5.91 Å². The molecule has 3 aromatic heterocycles. The van der Waals surface area contributed by atoms with Crippen molar-refractivity contribution in [3.8, 4) is 0 Å². The standard InChI is InChI=1S/C17H14N4O2/c1-11-12-6-2-3-7-13(12)23-16(11)17(22)18-10-15-20-19-14-8-4-5-9-21(14)15/h2-9H,10H2,1H3,(H,18,22). The van der Waals surface area contributed by atoms with E-state index in [1.807, 2.05) is 60.0 Å². The number of aromatic nitrogens is 3. The predicted molar refractivity (Wildman–Crippen MR) is 85.1 cm³/mol. The lowest BCUT2D eigenvalue weighted by Crippen LogP contribution is -2.24. The molecule has 114 valence electrons. The van der Waals surface area contributed by atoms with Crippen LogP contribution in [0.5, 0.6) is 0 Å². The molecule has 1 aromatic carbocycles. The number of nitrogens with zero attached hydrogens (tertiary/aromatic N) is 3. The molecule has 1 N–H and O–H groups in total. The van der Waals surface area contributed by atoms with Gasteiger partial charge in [0, 0.05) is 17.1 Å². The minimum absolute atomic E-state index is 0.258. The molecule has 0 aliphatic carbocycles. The lowest BCUT2D eigenvalue weighted by molar-refractivity contribution is 0.0923. The van der Waals surface area contributed by atoms with Crippen LogP contribution in [0.3, 0.4) is 0 Å². The summed E-state index contributed by atoms with van der Waals surface area (Å²) in [6.07, 6.45) is 1.86. The molecule has 23 heavy (non-hydrogen) atoms. The number of nitrogens with one attached hydrogen (secondary N) is 1. The van der Waals surface area contributed by atoms with Crippen LogP contribution >= 0.6 is 0 Å². The van der Waals surface area contributed by atoms with E-state index in [4.69, 9.17) is 4.42 Å². The minimum Gasteiger partial charge on any atom is -0.451 e. The van der Waals surface area contributed by atoms with Gasteiger partial charge in [-0.15, -0.1) is 10.2 Å². The fraction of sp³-hybridized carbons (Fsp3) is 0.118. The topological polar surface area (TPSA) is 72.4 Å². The molecule has 4 rings (SSSR count). The van der Waals surface area contributed by atoms with Gasteiger partial charge in [-0.1, -0.05) is 24.3 Å². The first-order chi connectivity index (χ1) is 11.2. The summed E-state index contributed by atoms with van der Waals surface area (Å²) < 4.78 is 7.50. The second-order valence-electron chi connectivity index (χ2n) is 5.28. The summed E-state index contributed by atoms with van der Waals surface area (Å²) in [5, 5.41) is 11.9. The number of hydrogen-bond donors (Lipinski definition) is 1. The molecule has 0 spiro atoms. The summed E-state index contributed by atoms with van der Waals surface area (Å²) in [6.45, 7) is 2.16. The number of rotatable bonds is 3. The highest BCUT2D eigenvalue weighted by atomic mass is 16.3. The van der Waals surface area contributed by atoms with Crippen molar-refractivity contribution in [2.45, 2.75) is 13.5 Å². The number of pyridine rings is 1. The quantitative estimate of drug-likeness (QED) is 0.631. The molecular formula is C17H14N4O2. The van der Waals surface area contributed by atoms with Gasteiger partial charge >= 0.3 is 0 Å². The highest BCUT2D eigenvalue weighted by Crippen LogP contribution is 2.24. The van der Waals surface area contributed by atoms with Gasteiger partial charge in [-0.05, 0) is 25.1 Å². The van der Waals surface area contributed by atoms with Gasteiger partial charge in [0.05, 0.1) is 6.54 Å². The molecule has 3 heterocycles. The minimum atomic E-state index is -0.258. The van der Waals surface area contributed by atoms with Gasteiger partial charge in [0.2, 0.25) is 0 Å². The van der Waals surface area contributed by atoms with Gasteiger partial charge in [-0.3, -0.25) is 9.20 Å². The molecule has 0 aliphatic heterocycles. The number of fused-ring (bicyclic) bond motifs is 2. The third kappa shape index (κ3) is 2.24. The Kier molecular flexibility index (Phi) is 3.08. The Balaban J connectivity index is 1.59. The summed E-state index contributed by atoms with van der Waals surface area (Å²) in [7, 11) is 0. The van der Waals surface area contributed by atoms with E-state index >= 15 is 0 Å². The molecule has 1 amide bonds. The number of para-hydroxylation sites is 1. The molecule has 0 saturated heterocycles. The highest BCUT2D eigenvalue weighted by molar-refractivity contribution is 5.98. The Hall–Kier alpha value is -3.15.